The van der Waals surface area contributed by atoms with Crippen LogP contribution in [0.2, 0.25) is 0 Å². The molecule has 0 amide bonds. The summed E-state index contributed by atoms with van der Waals surface area (Å²) in [5, 5.41) is 0. The second-order valence-electron chi connectivity index (χ2n) is 18.5. The number of carbonyl (C=O) groups is 3. The van der Waals surface area contributed by atoms with Crippen LogP contribution in [0.1, 0.15) is 258 Å². The average Bonchev–Trinajstić information content (AvgIpc) is 3.34. The summed E-state index contributed by atoms with van der Waals surface area (Å²) in [4.78, 5) is 37.9. The fourth-order valence-electron chi connectivity index (χ4n) is 7.64. The van der Waals surface area contributed by atoms with E-state index in [0.717, 1.165) is 83.5 Å². The number of hydrogen-bond acceptors (Lipinski definition) is 6. The molecule has 6 nitrogen and oxygen atoms in total. The molecular weight excluding hydrogens is 841 g/mol. The second kappa shape index (κ2) is 55.9. The molecule has 0 saturated carbocycles. The summed E-state index contributed by atoms with van der Waals surface area (Å²) < 4.78 is 16.7. The lowest BCUT2D eigenvalue weighted by molar-refractivity contribution is -0.166. The second-order valence-corrected chi connectivity index (χ2v) is 18.5. The van der Waals surface area contributed by atoms with E-state index in [0.29, 0.717) is 12.8 Å². The van der Waals surface area contributed by atoms with Crippen molar-refractivity contribution in [2.45, 2.75) is 264 Å². The summed E-state index contributed by atoms with van der Waals surface area (Å²) in [6, 6.07) is 0. The van der Waals surface area contributed by atoms with Gasteiger partial charge in [0.05, 0.1) is 6.42 Å². The first-order valence-electron chi connectivity index (χ1n) is 28.2. The van der Waals surface area contributed by atoms with Gasteiger partial charge in [0.25, 0.3) is 0 Å². The lowest BCUT2D eigenvalue weighted by atomic mass is 10.1. The molecule has 0 radical (unpaired) electrons. The Kier molecular flexibility index (Phi) is 52.9. The highest BCUT2D eigenvalue weighted by Gasteiger charge is 2.19. The van der Waals surface area contributed by atoms with Gasteiger partial charge in [-0.2, -0.15) is 0 Å². The monoisotopic (exact) mass is 945 g/mol. The Morgan fingerprint density at radius 2 is 0.618 bits per heavy atom. The SMILES string of the molecule is CC/C=C\C/C=C\C/C=C\C/C=C\C/C=C\CC(=O)OC(COC(=O)CCCCCCCCCCCC)COC(=O)CCCCCCCCCCCC/C=C\C/C=C\C/C=C\CCCCCCC. The van der Waals surface area contributed by atoms with Crippen LogP contribution in [0.3, 0.4) is 0 Å². The van der Waals surface area contributed by atoms with Gasteiger partial charge >= 0.3 is 17.9 Å². The van der Waals surface area contributed by atoms with Crippen LogP contribution in [0, 0.1) is 0 Å². The zero-order valence-corrected chi connectivity index (χ0v) is 44.3. The van der Waals surface area contributed by atoms with Gasteiger partial charge in [-0.05, 0) is 83.5 Å². The summed E-state index contributed by atoms with van der Waals surface area (Å²) in [7, 11) is 0. The highest BCUT2D eigenvalue weighted by atomic mass is 16.6. The quantitative estimate of drug-likeness (QED) is 0.0262. The van der Waals surface area contributed by atoms with E-state index < -0.39 is 12.1 Å². The molecule has 0 bridgehead atoms. The first kappa shape index (κ1) is 64.3. The molecule has 0 aromatic rings. The first-order chi connectivity index (χ1) is 33.5. The van der Waals surface area contributed by atoms with Gasteiger partial charge in [-0.15, -0.1) is 0 Å². The van der Waals surface area contributed by atoms with E-state index in [-0.39, 0.29) is 31.6 Å². The zero-order chi connectivity index (χ0) is 49.3. The van der Waals surface area contributed by atoms with Crippen molar-refractivity contribution in [3.8, 4) is 0 Å². The molecule has 0 heterocycles. The molecule has 1 atom stereocenters. The van der Waals surface area contributed by atoms with E-state index in [4.69, 9.17) is 14.2 Å². The third kappa shape index (κ3) is 53.3. The Morgan fingerprint density at radius 1 is 0.324 bits per heavy atom. The predicted octanol–water partition coefficient (Wildman–Crippen LogP) is 18.9. The van der Waals surface area contributed by atoms with Gasteiger partial charge in [-0.1, -0.05) is 253 Å². The molecule has 68 heavy (non-hydrogen) atoms. The van der Waals surface area contributed by atoms with Crippen LogP contribution in [0.15, 0.2) is 97.2 Å². The van der Waals surface area contributed by atoms with Crippen molar-refractivity contribution in [3.05, 3.63) is 97.2 Å². The van der Waals surface area contributed by atoms with Crippen LogP contribution in [0.5, 0.6) is 0 Å². The molecule has 0 fully saturated rings. The molecular formula is C62H104O6. The van der Waals surface area contributed by atoms with Crippen molar-refractivity contribution in [2.24, 2.45) is 0 Å². The van der Waals surface area contributed by atoms with Gasteiger partial charge in [-0.3, -0.25) is 14.4 Å². The average molecular weight is 946 g/mol. The summed E-state index contributed by atoms with van der Waals surface area (Å²) in [6.07, 6.45) is 74.3. The lowest BCUT2D eigenvalue weighted by Crippen LogP contribution is -2.30. The summed E-state index contributed by atoms with van der Waals surface area (Å²) in [5.41, 5.74) is 0. The highest BCUT2D eigenvalue weighted by molar-refractivity contribution is 5.72. The molecule has 0 N–H and O–H groups in total. The largest absolute Gasteiger partial charge is 0.462 e. The maximum absolute atomic E-state index is 12.7. The molecule has 0 spiro atoms. The lowest BCUT2D eigenvalue weighted by Gasteiger charge is -2.18. The van der Waals surface area contributed by atoms with Gasteiger partial charge in [0.2, 0.25) is 0 Å². The van der Waals surface area contributed by atoms with Crippen molar-refractivity contribution in [1.29, 1.82) is 0 Å². The maximum Gasteiger partial charge on any atom is 0.310 e. The normalized spacial score (nSPS) is 12.8. The molecule has 1 unspecified atom stereocenters. The van der Waals surface area contributed by atoms with E-state index in [1.807, 2.05) is 6.08 Å². The van der Waals surface area contributed by atoms with E-state index in [2.05, 4.69) is 106 Å². The number of unbranched alkanes of at least 4 members (excludes halogenated alkanes) is 24. The zero-order valence-electron chi connectivity index (χ0n) is 44.3. The molecule has 6 heteroatoms. The minimum absolute atomic E-state index is 0.0957. The summed E-state index contributed by atoms with van der Waals surface area (Å²) >= 11 is 0. The summed E-state index contributed by atoms with van der Waals surface area (Å²) in [6.45, 7) is 6.41. The molecule has 0 aliphatic rings. The van der Waals surface area contributed by atoms with Crippen molar-refractivity contribution < 1.29 is 28.6 Å². The number of hydrogen-bond donors (Lipinski definition) is 0. The van der Waals surface area contributed by atoms with Gasteiger partial charge in [-0.25, -0.2) is 0 Å². The van der Waals surface area contributed by atoms with E-state index in [1.54, 1.807) is 6.08 Å². The fraction of sp³-hybridized carbons (Fsp3) is 0.694. The van der Waals surface area contributed by atoms with Gasteiger partial charge in [0, 0.05) is 12.8 Å². The smallest absolute Gasteiger partial charge is 0.310 e. The van der Waals surface area contributed by atoms with Crippen molar-refractivity contribution in [1.82, 2.24) is 0 Å². The number of carbonyl (C=O) groups excluding carboxylic acids is 3. The van der Waals surface area contributed by atoms with Gasteiger partial charge in [0.15, 0.2) is 6.10 Å². The topological polar surface area (TPSA) is 78.9 Å². The molecule has 0 rings (SSSR count). The van der Waals surface area contributed by atoms with Gasteiger partial charge < -0.3 is 14.2 Å². The van der Waals surface area contributed by atoms with Crippen molar-refractivity contribution >= 4 is 17.9 Å². The molecule has 0 aliphatic carbocycles. The van der Waals surface area contributed by atoms with Crippen LogP contribution in [0.4, 0.5) is 0 Å². The Hall–Kier alpha value is -3.67. The fourth-order valence-corrected chi connectivity index (χ4v) is 7.64. The number of esters is 3. The van der Waals surface area contributed by atoms with Crippen LogP contribution in [0.25, 0.3) is 0 Å². The third-order valence-corrected chi connectivity index (χ3v) is 11.9. The van der Waals surface area contributed by atoms with Crippen molar-refractivity contribution in [2.75, 3.05) is 13.2 Å². The predicted molar refractivity (Wildman–Crippen MR) is 293 cm³/mol. The Bertz CT molecular complexity index is 1360. The molecule has 0 saturated heterocycles. The standard InChI is InChI=1S/C62H104O6/c1-4-7-10-13-16-19-22-24-26-27-28-29-30-31-32-33-34-35-37-38-40-43-46-49-52-55-61(64)67-58-59(57-66-60(63)54-51-48-45-42-21-18-15-12-9-6-3)68-62(65)56-53-50-47-44-41-39-36-25-23-20-17-14-11-8-5-2/h8,11,17,20,22,24-25,27-28,30-31,36,41,44,50,53,59H,4-7,9-10,12-16,18-19,21,23,26,29,32-35,37-40,42-43,45-49,51-52,54-58H2,1-3H3/b11-8-,20-17-,24-22-,28-27-,31-30-,36-25-,44-41-,53-50-. The van der Waals surface area contributed by atoms with Crippen LogP contribution < -0.4 is 0 Å². The van der Waals surface area contributed by atoms with E-state index in [9.17, 15) is 14.4 Å². The number of allylic oxidation sites excluding steroid dienone is 15. The minimum Gasteiger partial charge on any atom is -0.462 e. The van der Waals surface area contributed by atoms with Crippen LogP contribution in [-0.4, -0.2) is 37.2 Å². The van der Waals surface area contributed by atoms with Crippen LogP contribution >= 0.6 is 0 Å². The van der Waals surface area contributed by atoms with E-state index >= 15 is 0 Å². The molecule has 0 aromatic carbocycles. The first-order valence-corrected chi connectivity index (χ1v) is 28.2. The van der Waals surface area contributed by atoms with Gasteiger partial charge in [0.1, 0.15) is 13.2 Å². The molecule has 0 aliphatic heterocycles. The number of rotatable bonds is 50. The van der Waals surface area contributed by atoms with Crippen molar-refractivity contribution in [3.63, 3.8) is 0 Å². The third-order valence-electron chi connectivity index (χ3n) is 11.9. The van der Waals surface area contributed by atoms with E-state index in [1.165, 1.54) is 135 Å². The Labute approximate surface area is 419 Å². The molecule has 388 valence electrons. The highest BCUT2D eigenvalue weighted by Crippen LogP contribution is 2.15. The van der Waals surface area contributed by atoms with Crippen LogP contribution in [-0.2, 0) is 28.6 Å². The Balaban J connectivity index is 4.34. The maximum atomic E-state index is 12.7. The minimum atomic E-state index is -0.832. The molecule has 0 aromatic heterocycles. The number of ether oxygens (including phenoxy) is 3. The summed E-state index contributed by atoms with van der Waals surface area (Å²) in [5.74, 6) is -1.05. The Morgan fingerprint density at radius 3 is 0.971 bits per heavy atom.